The predicted molar refractivity (Wildman–Crippen MR) is 153 cm³/mol. The van der Waals surface area contributed by atoms with Gasteiger partial charge in [0.1, 0.15) is 12.4 Å². The lowest BCUT2D eigenvalue weighted by atomic mass is 9.73. The van der Waals surface area contributed by atoms with Gasteiger partial charge in [0.25, 0.3) is 0 Å². The van der Waals surface area contributed by atoms with Crippen molar-refractivity contribution in [2.75, 3.05) is 6.61 Å². The van der Waals surface area contributed by atoms with Gasteiger partial charge in [0.05, 0.1) is 6.10 Å². The summed E-state index contributed by atoms with van der Waals surface area (Å²) in [4.78, 5) is 13.0. The average molecular weight is 515 g/mol. The smallest absolute Gasteiger partial charge is 0.331 e. The molecule has 5 heteroatoms. The molecule has 1 aromatic carbocycles. The van der Waals surface area contributed by atoms with E-state index in [9.17, 15) is 15.0 Å². The number of allylic oxidation sites excluding steroid dienone is 4. The summed E-state index contributed by atoms with van der Waals surface area (Å²) in [6, 6.07) is 6.41. The van der Waals surface area contributed by atoms with Crippen molar-refractivity contribution in [3.05, 3.63) is 64.1 Å². The summed E-state index contributed by atoms with van der Waals surface area (Å²) in [7, 11) is 0. The molecule has 0 fully saturated rings. The molecule has 2 aliphatic rings. The van der Waals surface area contributed by atoms with E-state index in [1.165, 1.54) is 10.5 Å². The van der Waals surface area contributed by atoms with E-state index >= 15 is 0 Å². The number of benzene rings is 1. The molecule has 2 N–H and O–H groups in total. The van der Waals surface area contributed by atoms with Crippen LogP contribution in [0.5, 0.6) is 5.75 Å². The van der Waals surface area contributed by atoms with Gasteiger partial charge in [0.2, 0.25) is 0 Å². The van der Waals surface area contributed by atoms with Gasteiger partial charge in [-0.05, 0) is 53.7 Å². The van der Waals surface area contributed by atoms with Crippen LogP contribution in [-0.4, -0.2) is 34.1 Å². The number of aliphatic carboxylic acids is 1. The van der Waals surface area contributed by atoms with Crippen molar-refractivity contribution in [2.24, 2.45) is 10.8 Å². The maximum atomic E-state index is 11.7. The van der Waals surface area contributed by atoms with Gasteiger partial charge in [-0.3, -0.25) is 0 Å². The average Bonchev–Trinajstić information content (AvgIpc) is 3.06. The van der Waals surface area contributed by atoms with Gasteiger partial charge in [0, 0.05) is 21.7 Å². The van der Waals surface area contributed by atoms with E-state index in [4.69, 9.17) is 4.74 Å². The van der Waals surface area contributed by atoms with Gasteiger partial charge in [0.15, 0.2) is 0 Å². The lowest BCUT2D eigenvalue weighted by Crippen LogP contribution is -2.32. The third-order valence-corrected chi connectivity index (χ3v) is 9.21. The molecular weight excluding hydrogens is 468 g/mol. The Labute approximate surface area is 222 Å². The van der Waals surface area contributed by atoms with Gasteiger partial charge in [-0.2, -0.15) is 0 Å². The Kier molecular flexibility index (Phi) is 10.1. The van der Waals surface area contributed by atoms with E-state index in [0.717, 1.165) is 24.2 Å². The minimum atomic E-state index is -0.831. The summed E-state index contributed by atoms with van der Waals surface area (Å²) in [5.74, 6) is -0.0294. The molecule has 0 saturated carbocycles. The molecule has 200 valence electrons. The predicted octanol–water partition coefficient (Wildman–Crippen LogP) is 7.84. The minimum Gasteiger partial charge on any atom is -0.491 e. The molecule has 4 nitrogen and oxygen atoms in total. The van der Waals surface area contributed by atoms with Crippen LogP contribution >= 0.6 is 11.8 Å². The number of aryl methyl sites for hydroxylation is 1. The first-order valence-electron chi connectivity index (χ1n) is 13.3. The van der Waals surface area contributed by atoms with E-state index < -0.39 is 12.1 Å². The van der Waals surface area contributed by atoms with E-state index in [0.29, 0.717) is 12.0 Å². The summed E-state index contributed by atoms with van der Waals surface area (Å²) in [6.07, 6.45) is 10.3. The van der Waals surface area contributed by atoms with Crippen molar-refractivity contribution in [1.29, 1.82) is 0 Å². The molecule has 0 aromatic heterocycles. The Morgan fingerprint density at radius 3 is 2.39 bits per heavy atom. The molecule has 36 heavy (non-hydrogen) atoms. The summed E-state index contributed by atoms with van der Waals surface area (Å²) in [6.45, 7) is 19.0. The first-order valence-corrected chi connectivity index (χ1v) is 14.2. The number of aliphatic hydroxyl groups excluding tert-OH is 1. The zero-order chi connectivity index (χ0) is 27.3. The number of carboxylic acids is 1. The van der Waals surface area contributed by atoms with Crippen molar-refractivity contribution in [2.45, 2.75) is 98.3 Å². The van der Waals surface area contributed by atoms with E-state index in [2.05, 4.69) is 52.0 Å². The SMILES string of the molecule is CC.CCC(CC)(C1=CC2(C)C=CCC(C(=O)O)=CC2S1)c1ccc(OCC(O)C(C)(C)C)c(C)c1. The van der Waals surface area contributed by atoms with Crippen molar-refractivity contribution in [3.63, 3.8) is 0 Å². The van der Waals surface area contributed by atoms with Crippen LogP contribution in [0.2, 0.25) is 0 Å². The molecule has 0 bridgehead atoms. The van der Waals surface area contributed by atoms with Crippen molar-refractivity contribution >= 4 is 17.7 Å². The highest BCUT2D eigenvalue weighted by atomic mass is 32.2. The number of ether oxygens (including phenoxy) is 1. The summed E-state index contributed by atoms with van der Waals surface area (Å²) < 4.78 is 5.98. The molecule has 3 rings (SSSR count). The van der Waals surface area contributed by atoms with Crippen LogP contribution in [0.4, 0.5) is 0 Å². The number of aliphatic hydroxyl groups is 1. The van der Waals surface area contributed by atoms with Crippen LogP contribution < -0.4 is 4.74 Å². The number of fused-ring (bicyclic) bond motifs is 1. The molecule has 3 unspecified atom stereocenters. The molecule has 1 aliphatic heterocycles. The number of rotatable bonds is 8. The normalized spacial score (nSPS) is 22.4. The minimum absolute atomic E-state index is 0.0763. The van der Waals surface area contributed by atoms with Gasteiger partial charge >= 0.3 is 5.97 Å². The molecule has 0 saturated heterocycles. The van der Waals surface area contributed by atoms with E-state index in [1.807, 2.05) is 64.6 Å². The lowest BCUT2D eigenvalue weighted by Gasteiger charge is -2.34. The van der Waals surface area contributed by atoms with E-state index in [-0.39, 0.29) is 28.1 Å². The summed E-state index contributed by atoms with van der Waals surface area (Å²) in [5, 5.41) is 20.0. The highest BCUT2D eigenvalue weighted by Gasteiger charge is 2.44. The van der Waals surface area contributed by atoms with Crippen LogP contribution in [0, 0.1) is 17.8 Å². The van der Waals surface area contributed by atoms with Crippen LogP contribution in [0.1, 0.15) is 85.8 Å². The second-order valence-electron chi connectivity index (χ2n) is 11.0. The maximum Gasteiger partial charge on any atom is 0.331 e. The number of carboxylic acid groups (broad SMARTS) is 1. The molecule has 1 heterocycles. The monoisotopic (exact) mass is 514 g/mol. The number of hydrogen-bond donors (Lipinski definition) is 2. The number of hydrogen-bond acceptors (Lipinski definition) is 4. The molecule has 1 aromatic rings. The Balaban J connectivity index is 0.00000222. The van der Waals surface area contributed by atoms with Gasteiger partial charge < -0.3 is 14.9 Å². The summed E-state index contributed by atoms with van der Waals surface area (Å²) in [5.41, 5.74) is 2.22. The van der Waals surface area contributed by atoms with Crippen molar-refractivity contribution in [3.8, 4) is 5.75 Å². The lowest BCUT2D eigenvalue weighted by molar-refractivity contribution is -0.132. The fourth-order valence-electron chi connectivity index (χ4n) is 4.80. The second-order valence-corrected chi connectivity index (χ2v) is 12.2. The zero-order valence-corrected chi connectivity index (χ0v) is 24.5. The largest absolute Gasteiger partial charge is 0.491 e. The standard InChI is InChI=1S/C29H40O4S.C2H6/c1-8-29(9-2,21-12-13-22(19(3)15-21)33-18-23(30)27(4,5)6)25-17-28(7)14-10-11-20(26(31)32)16-24(28)34-25;1-2/h10,12-17,23-24,30H,8-9,11,18H2,1-7H3,(H,31,32);1-2H3. The van der Waals surface area contributed by atoms with Gasteiger partial charge in [-0.1, -0.05) is 91.8 Å². The molecule has 0 radical (unpaired) electrons. The van der Waals surface area contributed by atoms with Crippen molar-refractivity contribution in [1.82, 2.24) is 0 Å². The quantitative estimate of drug-likeness (QED) is 0.346. The fourth-order valence-corrected chi connectivity index (χ4v) is 6.66. The van der Waals surface area contributed by atoms with Gasteiger partial charge in [-0.15, -0.1) is 11.8 Å². The van der Waals surface area contributed by atoms with Crippen LogP contribution in [-0.2, 0) is 10.2 Å². The third-order valence-electron chi connectivity index (χ3n) is 7.55. The topological polar surface area (TPSA) is 66.8 Å². The highest BCUT2D eigenvalue weighted by Crippen LogP contribution is 2.56. The Morgan fingerprint density at radius 1 is 1.22 bits per heavy atom. The van der Waals surface area contributed by atoms with Crippen LogP contribution in [0.3, 0.4) is 0 Å². The Hall–Kier alpha value is -1.98. The first-order chi connectivity index (χ1) is 16.9. The highest BCUT2D eigenvalue weighted by molar-refractivity contribution is 8.04. The number of carbonyl (C=O) groups is 1. The fraction of sp³-hybridized carbons (Fsp3) is 0.581. The molecule has 0 amide bonds. The molecule has 0 spiro atoms. The van der Waals surface area contributed by atoms with Gasteiger partial charge in [-0.25, -0.2) is 4.79 Å². The Bertz CT molecular complexity index is 1010. The molecule has 3 atom stereocenters. The third kappa shape index (κ3) is 6.28. The van der Waals surface area contributed by atoms with Crippen LogP contribution in [0.15, 0.2) is 53.0 Å². The zero-order valence-electron chi connectivity index (χ0n) is 23.6. The Morgan fingerprint density at radius 2 is 1.86 bits per heavy atom. The van der Waals surface area contributed by atoms with Crippen molar-refractivity contribution < 1.29 is 19.7 Å². The number of thioether (sulfide) groups is 1. The molecular formula is C31H46O4S. The molecule has 1 aliphatic carbocycles. The second kappa shape index (κ2) is 12.0. The summed E-state index contributed by atoms with van der Waals surface area (Å²) >= 11 is 1.81. The van der Waals surface area contributed by atoms with Crippen LogP contribution in [0.25, 0.3) is 0 Å². The van der Waals surface area contributed by atoms with E-state index in [1.54, 1.807) is 0 Å². The maximum absolute atomic E-state index is 11.7. The first kappa shape index (κ1) is 30.2.